The summed E-state index contributed by atoms with van der Waals surface area (Å²) in [5.74, 6) is 1.53. The van der Waals surface area contributed by atoms with Crippen molar-refractivity contribution in [3.05, 3.63) is 59.7 Å². The third-order valence-electron chi connectivity index (χ3n) is 3.84. The van der Waals surface area contributed by atoms with Crippen LogP contribution < -0.4 is 9.47 Å². The van der Waals surface area contributed by atoms with Gasteiger partial charge in [-0.1, -0.05) is 24.3 Å². The van der Waals surface area contributed by atoms with Crippen molar-refractivity contribution in [2.24, 2.45) is 0 Å². The normalized spacial score (nSPS) is 16.1. The largest absolute Gasteiger partial charge is 0.508 e. The maximum atomic E-state index is 10.0. The number of rotatable bonds is 8. The molecule has 2 atom stereocenters. The van der Waals surface area contributed by atoms with Crippen LogP contribution in [-0.4, -0.2) is 55.0 Å². The summed E-state index contributed by atoms with van der Waals surface area (Å²) >= 11 is 0. The third-order valence-corrected chi connectivity index (χ3v) is 3.84. The van der Waals surface area contributed by atoms with Gasteiger partial charge in [0.2, 0.25) is 0 Å². The second-order valence-corrected chi connectivity index (χ2v) is 6.69. The highest BCUT2D eigenvalue weighted by Gasteiger charge is 2.19. The highest BCUT2D eigenvalue weighted by molar-refractivity contribution is 5.61. The second kappa shape index (κ2) is 11.9. The molecule has 0 saturated carbocycles. The number of hydrogen-bond donors (Lipinski definition) is 2. The lowest BCUT2D eigenvalue weighted by Gasteiger charge is -2.09. The molecular weight excluding hydrogens is 376 g/mol. The summed E-state index contributed by atoms with van der Waals surface area (Å²) in [5, 5.41) is 17.9. The smallest absolute Gasteiger partial charge is 0.491 e. The fourth-order valence-electron chi connectivity index (χ4n) is 2.44. The van der Waals surface area contributed by atoms with Gasteiger partial charge in [-0.15, -0.1) is 0 Å². The van der Waals surface area contributed by atoms with Gasteiger partial charge in [0.05, 0.1) is 12.7 Å². The van der Waals surface area contributed by atoms with E-state index >= 15 is 0 Å². The molecule has 0 bridgehead atoms. The molecule has 3 rings (SSSR count). The van der Waals surface area contributed by atoms with E-state index in [1.807, 2.05) is 48.5 Å². The van der Waals surface area contributed by atoms with Crippen LogP contribution in [0, 0.1) is 0 Å². The molecule has 1 fully saturated rings. The molecule has 1 aliphatic heterocycles. The van der Waals surface area contributed by atoms with Crippen molar-refractivity contribution < 1.29 is 34.0 Å². The van der Waals surface area contributed by atoms with Crippen LogP contribution in [0.4, 0.5) is 4.79 Å². The minimum Gasteiger partial charge on any atom is -0.491 e. The van der Waals surface area contributed by atoms with Crippen LogP contribution in [-0.2, 0) is 15.9 Å². The first-order valence-electron chi connectivity index (χ1n) is 9.52. The highest BCUT2D eigenvalue weighted by atomic mass is 16.8. The summed E-state index contributed by atoms with van der Waals surface area (Å²) in [6.45, 7) is 4.51. The minimum atomic E-state index is -0.549. The summed E-state index contributed by atoms with van der Waals surface area (Å²) in [5.41, 5.74) is 2.38. The van der Waals surface area contributed by atoms with Crippen LogP contribution >= 0.6 is 0 Å². The fraction of sp³-hybridized carbons (Fsp3) is 0.409. The molecule has 0 radical (unpaired) electrons. The predicted molar refractivity (Wildman–Crippen MR) is 107 cm³/mol. The average molecular weight is 404 g/mol. The summed E-state index contributed by atoms with van der Waals surface area (Å²) in [6.07, 6.45) is -0.233. The van der Waals surface area contributed by atoms with E-state index in [1.54, 1.807) is 13.8 Å². The van der Waals surface area contributed by atoms with Gasteiger partial charge in [-0.3, -0.25) is 0 Å². The number of aliphatic hydroxyl groups excluding tert-OH is 2. The molecule has 1 aliphatic rings. The van der Waals surface area contributed by atoms with Crippen molar-refractivity contribution in [1.82, 2.24) is 0 Å². The van der Waals surface area contributed by atoms with Crippen molar-refractivity contribution in [3.63, 3.8) is 0 Å². The Morgan fingerprint density at radius 3 is 1.97 bits per heavy atom. The molecular formula is C22H28O7. The van der Waals surface area contributed by atoms with Gasteiger partial charge in [0.25, 0.3) is 0 Å². The topological polar surface area (TPSA) is 94.5 Å². The lowest BCUT2D eigenvalue weighted by atomic mass is 10.0. The van der Waals surface area contributed by atoms with E-state index in [9.17, 15) is 9.90 Å². The maximum Gasteiger partial charge on any atom is 0.508 e. The lowest BCUT2D eigenvalue weighted by Crippen LogP contribution is -2.12. The molecule has 2 unspecified atom stereocenters. The number of cyclic esters (lactones) is 2. The first-order chi connectivity index (χ1) is 14.0. The van der Waals surface area contributed by atoms with E-state index in [1.165, 1.54) is 11.1 Å². The molecule has 1 heterocycles. The van der Waals surface area contributed by atoms with Crippen LogP contribution in [0.5, 0.6) is 11.5 Å². The Bertz CT molecular complexity index is 726. The van der Waals surface area contributed by atoms with Gasteiger partial charge in [-0.05, 0) is 55.7 Å². The fourth-order valence-corrected chi connectivity index (χ4v) is 2.44. The Hall–Kier alpha value is -2.77. The first-order valence-corrected chi connectivity index (χ1v) is 9.52. The Morgan fingerprint density at radius 2 is 1.59 bits per heavy atom. The zero-order chi connectivity index (χ0) is 21.1. The maximum absolute atomic E-state index is 10.0. The van der Waals surface area contributed by atoms with E-state index < -0.39 is 12.3 Å². The van der Waals surface area contributed by atoms with Gasteiger partial charge in [-0.25, -0.2) is 4.79 Å². The van der Waals surface area contributed by atoms with Crippen LogP contribution in [0.1, 0.15) is 25.0 Å². The minimum absolute atomic E-state index is 0.0191. The van der Waals surface area contributed by atoms with E-state index in [2.05, 4.69) is 9.47 Å². The molecule has 1 saturated heterocycles. The van der Waals surface area contributed by atoms with E-state index in [4.69, 9.17) is 14.6 Å². The van der Waals surface area contributed by atoms with Crippen LogP contribution in [0.15, 0.2) is 48.5 Å². The monoisotopic (exact) mass is 404 g/mol. The standard InChI is InChI=1S/C18H22O4.C4H6O3/c1-14(20)13-22-18-8-4-16(5-9-18)12-15-2-6-17(7-3-15)21-11-10-19;1-3-2-6-4(5)7-3/h2-9,14,19-20H,10-13H2,1H3;3H,2H2,1H3. The molecule has 7 nitrogen and oxygen atoms in total. The predicted octanol–water partition coefficient (Wildman–Crippen LogP) is 2.95. The van der Waals surface area contributed by atoms with Crippen molar-refractivity contribution in [2.45, 2.75) is 32.5 Å². The third kappa shape index (κ3) is 8.85. The van der Waals surface area contributed by atoms with E-state index in [0.29, 0.717) is 19.8 Å². The van der Waals surface area contributed by atoms with Gasteiger partial charge in [-0.2, -0.15) is 0 Å². The molecule has 7 heteroatoms. The molecule has 158 valence electrons. The number of ether oxygens (including phenoxy) is 4. The average Bonchev–Trinajstić information content (AvgIpc) is 3.10. The van der Waals surface area contributed by atoms with E-state index in [0.717, 1.165) is 17.9 Å². The van der Waals surface area contributed by atoms with Crippen LogP contribution in [0.3, 0.4) is 0 Å². The molecule has 29 heavy (non-hydrogen) atoms. The summed E-state index contributed by atoms with van der Waals surface area (Å²) in [6, 6.07) is 15.7. The molecule has 0 amide bonds. The zero-order valence-electron chi connectivity index (χ0n) is 16.7. The summed E-state index contributed by atoms with van der Waals surface area (Å²) < 4.78 is 19.7. The molecule has 0 aliphatic carbocycles. The molecule has 2 aromatic rings. The first kappa shape index (κ1) is 22.5. The van der Waals surface area contributed by atoms with Crippen molar-refractivity contribution in [1.29, 1.82) is 0 Å². The molecule has 0 aromatic heterocycles. The molecule has 2 N–H and O–H groups in total. The number of carbonyl (C=O) groups excluding carboxylic acids is 1. The number of benzene rings is 2. The number of carbonyl (C=O) groups is 1. The van der Waals surface area contributed by atoms with Gasteiger partial charge < -0.3 is 29.2 Å². The van der Waals surface area contributed by atoms with Crippen LogP contribution in [0.2, 0.25) is 0 Å². The number of hydrogen-bond acceptors (Lipinski definition) is 7. The Morgan fingerprint density at radius 1 is 1.03 bits per heavy atom. The quantitative estimate of drug-likeness (QED) is 0.653. The molecule has 2 aromatic carbocycles. The number of aliphatic hydroxyl groups is 2. The highest BCUT2D eigenvalue weighted by Crippen LogP contribution is 2.18. The van der Waals surface area contributed by atoms with E-state index in [-0.39, 0.29) is 12.7 Å². The Kier molecular flexibility index (Phi) is 9.27. The van der Waals surface area contributed by atoms with Crippen molar-refractivity contribution in [2.75, 3.05) is 26.4 Å². The Labute approximate surface area is 170 Å². The van der Waals surface area contributed by atoms with Crippen molar-refractivity contribution in [3.8, 4) is 11.5 Å². The molecule has 0 spiro atoms. The second-order valence-electron chi connectivity index (χ2n) is 6.69. The van der Waals surface area contributed by atoms with Gasteiger partial charge in [0, 0.05) is 0 Å². The van der Waals surface area contributed by atoms with Gasteiger partial charge in [0.1, 0.15) is 37.4 Å². The van der Waals surface area contributed by atoms with Crippen molar-refractivity contribution >= 4 is 6.16 Å². The SMILES string of the molecule is CC(O)COc1ccc(Cc2ccc(OCCO)cc2)cc1.CC1COC(=O)O1. The lowest BCUT2D eigenvalue weighted by molar-refractivity contribution is 0.121. The summed E-state index contributed by atoms with van der Waals surface area (Å²) in [4.78, 5) is 10.0. The van der Waals surface area contributed by atoms with Crippen LogP contribution in [0.25, 0.3) is 0 Å². The summed E-state index contributed by atoms with van der Waals surface area (Å²) in [7, 11) is 0. The van der Waals surface area contributed by atoms with Gasteiger partial charge >= 0.3 is 6.16 Å². The zero-order valence-corrected chi connectivity index (χ0v) is 16.7. The Balaban J connectivity index is 0.000000360. The van der Waals surface area contributed by atoms with Gasteiger partial charge in [0.15, 0.2) is 0 Å².